The van der Waals surface area contributed by atoms with Crippen LogP contribution < -0.4 is 10.6 Å². The second-order valence-corrected chi connectivity index (χ2v) is 6.31. The SMILES string of the molecule is Nc1ccc([N+](=O)[O-])c(N2CCCC(c3nc4ccccc4o3)C2)c1. The van der Waals surface area contributed by atoms with E-state index >= 15 is 0 Å². The smallest absolute Gasteiger partial charge is 0.292 e. The Morgan fingerprint density at radius 1 is 1.28 bits per heavy atom. The largest absolute Gasteiger partial charge is 0.440 e. The number of aromatic nitrogens is 1. The Morgan fingerprint density at radius 2 is 2.12 bits per heavy atom. The molecule has 1 aliphatic rings. The molecular weight excluding hydrogens is 320 g/mol. The van der Waals surface area contributed by atoms with Gasteiger partial charge < -0.3 is 15.1 Å². The Balaban J connectivity index is 1.65. The monoisotopic (exact) mass is 338 g/mol. The molecule has 2 aromatic carbocycles. The zero-order chi connectivity index (χ0) is 17.4. The van der Waals surface area contributed by atoms with Crippen molar-refractivity contribution in [2.24, 2.45) is 0 Å². The van der Waals surface area contributed by atoms with Crippen molar-refractivity contribution in [3.63, 3.8) is 0 Å². The van der Waals surface area contributed by atoms with Crippen molar-refractivity contribution in [3.05, 3.63) is 58.5 Å². The van der Waals surface area contributed by atoms with Gasteiger partial charge in [-0.2, -0.15) is 0 Å². The van der Waals surface area contributed by atoms with Gasteiger partial charge in [0.1, 0.15) is 11.2 Å². The van der Waals surface area contributed by atoms with Gasteiger partial charge in [-0.05, 0) is 37.1 Å². The third-order valence-corrected chi connectivity index (χ3v) is 4.62. The lowest BCUT2D eigenvalue weighted by Gasteiger charge is -2.32. The van der Waals surface area contributed by atoms with Gasteiger partial charge in [-0.25, -0.2) is 4.98 Å². The number of nitrogens with zero attached hydrogens (tertiary/aromatic N) is 3. The number of nitro benzene ring substituents is 1. The molecule has 7 nitrogen and oxygen atoms in total. The van der Waals surface area contributed by atoms with E-state index in [1.807, 2.05) is 29.2 Å². The van der Waals surface area contributed by atoms with Crippen LogP contribution in [-0.2, 0) is 0 Å². The summed E-state index contributed by atoms with van der Waals surface area (Å²) in [5.41, 5.74) is 8.61. The first kappa shape index (κ1) is 15.4. The molecule has 128 valence electrons. The number of oxazole rings is 1. The molecule has 1 atom stereocenters. The molecule has 0 spiro atoms. The maximum Gasteiger partial charge on any atom is 0.292 e. The van der Waals surface area contributed by atoms with Gasteiger partial charge in [-0.15, -0.1) is 0 Å². The molecule has 0 amide bonds. The molecule has 1 fully saturated rings. The topological polar surface area (TPSA) is 98.4 Å². The molecule has 2 N–H and O–H groups in total. The fourth-order valence-corrected chi connectivity index (χ4v) is 3.41. The van der Waals surface area contributed by atoms with Crippen LogP contribution in [-0.4, -0.2) is 23.0 Å². The highest BCUT2D eigenvalue weighted by molar-refractivity contribution is 5.72. The molecule has 3 aromatic rings. The molecular formula is C18H18N4O3. The van der Waals surface area contributed by atoms with Crippen molar-refractivity contribution >= 4 is 28.2 Å². The van der Waals surface area contributed by atoms with E-state index in [2.05, 4.69) is 4.98 Å². The predicted octanol–water partition coefficient (Wildman–Crippen LogP) is 3.70. The summed E-state index contributed by atoms with van der Waals surface area (Å²) < 4.78 is 5.90. The van der Waals surface area contributed by atoms with Crippen molar-refractivity contribution in [2.45, 2.75) is 18.8 Å². The van der Waals surface area contributed by atoms with Crippen LogP contribution >= 0.6 is 0 Å². The molecule has 1 saturated heterocycles. The van der Waals surface area contributed by atoms with E-state index < -0.39 is 0 Å². The number of para-hydroxylation sites is 2. The Kier molecular flexibility index (Phi) is 3.76. The molecule has 2 heterocycles. The highest BCUT2D eigenvalue weighted by Crippen LogP contribution is 2.36. The molecule has 0 aliphatic carbocycles. The lowest BCUT2D eigenvalue weighted by atomic mass is 9.97. The summed E-state index contributed by atoms with van der Waals surface area (Å²) in [7, 11) is 0. The Bertz CT molecular complexity index is 904. The number of nitrogens with two attached hydrogens (primary N) is 1. The molecule has 1 aliphatic heterocycles. The summed E-state index contributed by atoms with van der Waals surface area (Å²) in [5.74, 6) is 0.791. The summed E-state index contributed by atoms with van der Waals surface area (Å²) in [6.45, 7) is 1.37. The molecule has 0 bridgehead atoms. The zero-order valence-electron chi connectivity index (χ0n) is 13.6. The molecule has 1 unspecified atom stereocenters. The number of piperidine rings is 1. The van der Waals surface area contributed by atoms with Crippen LogP contribution in [0.4, 0.5) is 17.1 Å². The molecule has 0 radical (unpaired) electrons. The minimum atomic E-state index is -0.363. The predicted molar refractivity (Wildman–Crippen MR) is 95.7 cm³/mol. The van der Waals surface area contributed by atoms with Gasteiger partial charge in [0.15, 0.2) is 11.5 Å². The molecule has 7 heteroatoms. The van der Waals surface area contributed by atoms with E-state index in [0.717, 1.165) is 30.5 Å². The maximum absolute atomic E-state index is 11.4. The maximum atomic E-state index is 11.4. The lowest BCUT2D eigenvalue weighted by molar-refractivity contribution is -0.384. The first-order valence-corrected chi connectivity index (χ1v) is 8.26. The first-order chi connectivity index (χ1) is 12.1. The quantitative estimate of drug-likeness (QED) is 0.444. The lowest BCUT2D eigenvalue weighted by Crippen LogP contribution is -2.34. The van der Waals surface area contributed by atoms with Gasteiger partial charge in [0.2, 0.25) is 0 Å². The van der Waals surface area contributed by atoms with Gasteiger partial charge in [-0.3, -0.25) is 10.1 Å². The fraction of sp³-hybridized carbons (Fsp3) is 0.278. The van der Waals surface area contributed by atoms with Crippen LogP contribution in [0, 0.1) is 10.1 Å². The number of nitro groups is 1. The van der Waals surface area contributed by atoms with Crippen LogP contribution in [0.2, 0.25) is 0 Å². The average Bonchev–Trinajstić information content (AvgIpc) is 3.06. The van der Waals surface area contributed by atoms with Crippen LogP contribution in [0.25, 0.3) is 11.1 Å². The van der Waals surface area contributed by atoms with Gasteiger partial charge in [0, 0.05) is 24.8 Å². The number of hydrogen-bond acceptors (Lipinski definition) is 6. The molecule has 0 saturated carbocycles. The second-order valence-electron chi connectivity index (χ2n) is 6.31. The highest BCUT2D eigenvalue weighted by atomic mass is 16.6. The summed E-state index contributed by atoms with van der Waals surface area (Å²) in [4.78, 5) is 17.6. The number of hydrogen-bond donors (Lipinski definition) is 1. The van der Waals surface area contributed by atoms with E-state index in [4.69, 9.17) is 10.2 Å². The number of fused-ring (bicyclic) bond motifs is 1. The Hall–Kier alpha value is -3.09. The van der Waals surface area contributed by atoms with Crippen molar-refractivity contribution in [1.82, 2.24) is 4.98 Å². The third-order valence-electron chi connectivity index (χ3n) is 4.62. The number of anilines is 2. The standard InChI is InChI=1S/C18H18N4O3/c19-13-7-8-15(22(23)24)16(10-13)21-9-3-4-12(11-21)18-20-14-5-1-2-6-17(14)25-18/h1-2,5-8,10,12H,3-4,9,11,19H2. The molecule has 25 heavy (non-hydrogen) atoms. The van der Waals surface area contributed by atoms with Gasteiger partial charge in [0.25, 0.3) is 5.69 Å². The third kappa shape index (κ3) is 2.88. The summed E-state index contributed by atoms with van der Waals surface area (Å²) in [6, 6.07) is 12.4. The first-order valence-electron chi connectivity index (χ1n) is 8.26. The average molecular weight is 338 g/mol. The normalized spacial score (nSPS) is 17.8. The number of rotatable bonds is 3. The number of nitrogen functional groups attached to an aromatic ring is 1. The minimum absolute atomic E-state index is 0.0763. The van der Waals surface area contributed by atoms with Crippen LogP contribution in [0.3, 0.4) is 0 Å². The summed E-state index contributed by atoms with van der Waals surface area (Å²) in [5, 5.41) is 11.4. The van der Waals surface area contributed by atoms with Crippen molar-refractivity contribution in [1.29, 1.82) is 0 Å². The van der Waals surface area contributed by atoms with E-state index in [1.165, 1.54) is 6.07 Å². The molecule has 1 aromatic heterocycles. The van der Waals surface area contributed by atoms with E-state index in [1.54, 1.807) is 12.1 Å². The Morgan fingerprint density at radius 3 is 2.92 bits per heavy atom. The highest BCUT2D eigenvalue weighted by Gasteiger charge is 2.29. The summed E-state index contributed by atoms with van der Waals surface area (Å²) >= 11 is 0. The van der Waals surface area contributed by atoms with Crippen molar-refractivity contribution in [3.8, 4) is 0 Å². The van der Waals surface area contributed by atoms with Crippen LogP contribution in [0.15, 0.2) is 46.9 Å². The van der Waals surface area contributed by atoms with E-state index in [9.17, 15) is 10.1 Å². The van der Waals surface area contributed by atoms with Crippen molar-refractivity contribution in [2.75, 3.05) is 23.7 Å². The number of benzene rings is 2. The van der Waals surface area contributed by atoms with Gasteiger partial charge >= 0.3 is 0 Å². The van der Waals surface area contributed by atoms with Gasteiger partial charge in [0.05, 0.1) is 10.8 Å². The van der Waals surface area contributed by atoms with Crippen molar-refractivity contribution < 1.29 is 9.34 Å². The fourth-order valence-electron chi connectivity index (χ4n) is 3.41. The minimum Gasteiger partial charge on any atom is -0.440 e. The van der Waals surface area contributed by atoms with Crippen LogP contribution in [0.5, 0.6) is 0 Å². The van der Waals surface area contributed by atoms with E-state index in [-0.39, 0.29) is 16.5 Å². The zero-order valence-corrected chi connectivity index (χ0v) is 13.6. The van der Waals surface area contributed by atoms with E-state index in [0.29, 0.717) is 23.8 Å². The molecule has 4 rings (SSSR count). The second kappa shape index (κ2) is 6.08. The van der Waals surface area contributed by atoms with Gasteiger partial charge in [-0.1, -0.05) is 12.1 Å². The van der Waals surface area contributed by atoms with Crippen LogP contribution in [0.1, 0.15) is 24.7 Å². The summed E-state index contributed by atoms with van der Waals surface area (Å²) in [6.07, 6.45) is 1.86. The Labute approximate surface area is 144 Å².